The van der Waals surface area contributed by atoms with Crippen LogP contribution in [0.15, 0.2) is 53.4 Å². The van der Waals surface area contributed by atoms with E-state index in [-0.39, 0.29) is 19.8 Å². The molecular formula is C19H13ClFNO3S2. The Bertz CT molecular complexity index is 929. The number of ether oxygens (including phenoxy) is 1. The van der Waals surface area contributed by atoms with Crippen molar-refractivity contribution in [1.29, 1.82) is 0 Å². The molecule has 1 fully saturated rings. The number of thioether (sulfide) groups is 1. The molecule has 2 aromatic rings. The van der Waals surface area contributed by atoms with Crippen molar-refractivity contribution in [1.82, 2.24) is 4.90 Å². The van der Waals surface area contributed by atoms with Crippen molar-refractivity contribution in [3.8, 4) is 0 Å². The molecule has 1 saturated heterocycles. The van der Waals surface area contributed by atoms with Gasteiger partial charge in [-0.3, -0.25) is 9.69 Å². The van der Waals surface area contributed by atoms with Crippen molar-refractivity contribution in [3.63, 3.8) is 0 Å². The first kappa shape index (κ1) is 19.5. The van der Waals surface area contributed by atoms with Crippen LogP contribution in [0.2, 0.25) is 5.02 Å². The zero-order chi connectivity index (χ0) is 19.6. The van der Waals surface area contributed by atoms with Gasteiger partial charge in [-0.05, 0) is 23.8 Å². The molecule has 2 aromatic carbocycles. The molecule has 0 radical (unpaired) electrons. The van der Waals surface area contributed by atoms with Crippen LogP contribution in [0, 0.1) is 5.82 Å². The second kappa shape index (κ2) is 8.21. The molecule has 1 aliphatic heterocycles. The third kappa shape index (κ3) is 3.90. The van der Waals surface area contributed by atoms with Crippen LogP contribution in [0.1, 0.15) is 17.2 Å². The molecule has 3 rings (SSSR count). The molecule has 27 heavy (non-hydrogen) atoms. The molecule has 0 N–H and O–H groups in total. The van der Waals surface area contributed by atoms with Crippen LogP contribution in [0.25, 0.3) is 6.08 Å². The largest absolute Gasteiger partial charge is 0.467 e. The molecule has 0 aliphatic carbocycles. The standard InChI is InChI=1S/C19H13ClFNO3S2/c1-25-18(24)16(11-6-3-2-4-7-11)22-17(23)15(27-19(22)26)10-12-13(20)8-5-9-14(12)21/h2-10,16H,1H3/b15-10+. The van der Waals surface area contributed by atoms with Crippen LogP contribution in [0.5, 0.6) is 0 Å². The SMILES string of the molecule is COC(=O)C(c1ccccc1)N1C(=O)/C(=C\c2c(F)cccc2Cl)SC1=S. The molecule has 1 atom stereocenters. The number of amides is 1. The maximum absolute atomic E-state index is 14.1. The van der Waals surface area contributed by atoms with E-state index in [1.807, 2.05) is 0 Å². The predicted molar refractivity (Wildman–Crippen MR) is 108 cm³/mol. The van der Waals surface area contributed by atoms with Gasteiger partial charge in [0.25, 0.3) is 5.91 Å². The number of halogens is 2. The number of rotatable bonds is 4. The minimum atomic E-state index is -1.02. The fourth-order valence-corrected chi connectivity index (χ4v) is 4.13. The van der Waals surface area contributed by atoms with Crippen LogP contribution in [0.3, 0.4) is 0 Å². The van der Waals surface area contributed by atoms with Gasteiger partial charge in [-0.2, -0.15) is 0 Å². The summed E-state index contributed by atoms with van der Waals surface area (Å²) in [4.78, 5) is 26.7. The molecule has 4 nitrogen and oxygen atoms in total. The zero-order valence-corrected chi connectivity index (χ0v) is 16.4. The van der Waals surface area contributed by atoms with Crippen molar-refractivity contribution in [3.05, 3.63) is 75.4 Å². The minimum Gasteiger partial charge on any atom is -0.467 e. The van der Waals surface area contributed by atoms with E-state index in [0.29, 0.717) is 5.56 Å². The molecule has 1 aliphatic rings. The van der Waals surface area contributed by atoms with E-state index >= 15 is 0 Å². The van der Waals surface area contributed by atoms with Gasteiger partial charge < -0.3 is 4.74 Å². The first-order chi connectivity index (χ1) is 12.9. The lowest BCUT2D eigenvalue weighted by atomic mass is 10.1. The number of benzene rings is 2. The number of esters is 1. The Hall–Kier alpha value is -2.22. The molecule has 1 unspecified atom stereocenters. The monoisotopic (exact) mass is 421 g/mol. The van der Waals surface area contributed by atoms with Gasteiger partial charge >= 0.3 is 5.97 Å². The molecule has 0 aromatic heterocycles. The second-order valence-corrected chi connectivity index (χ2v) is 7.61. The van der Waals surface area contributed by atoms with Crippen LogP contribution < -0.4 is 0 Å². The maximum Gasteiger partial charge on any atom is 0.333 e. The predicted octanol–water partition coefficient (Wildman–Crippen LogP) is 4.59. The third-order valence-corrected chi connectivity index (χ3v) is 5.56. The average Bonchev–Trinajstić information content (AvgIpc) is 2.93. The summed E-state index contributed by atoms with van der Waals surface area (Å²) in [6.07, 6.45) is 1.34. The first-order valence-electron chi connectivity index (χ1n) is 7.78. The highest BCUT2D eigenvalue weighted by Crippen LogP contribution is 2.39. The number of methoxy groups -OCH3 is 1. The maximum atomic E-state index is 14.1. The lowest BCUT2D eigenvalue weighted by Gasteiger charge is -2.24. The Morgan fingerprint density at radius 1 is 1.26 bits per heavy atom. The fourth-order valence-electron chi connectivity index (χ4n) is 2.62. The van der Waals surface area contributed by atoms with Gasteiger partial charge in [-0.25, -0.2) is 9.18 Å². The summed E-state index contributed by atoms with van der Waals surface area (Å²) in [5.74, 6) is -1.69. The third-order valence-electron chi connectivity index (χ3n) is 3.90. The highest BCUT2D eigenvalue weighted by atomic mass is 35.5. The van der Waals surface area contributed by atoms with Crippen LogP contribution in [0.4, 0.5) is 4.39 Å². The summed E-state index contributed by atoms with van der Waals surface area (Å²) < 4.78 is 19.1. The highest BCUT2D eigenvalue weighted by Gasteiger charge is 2.42. The summed E-state index contributed by atoms with van der Waals surface area (Å²) >= 11 is 12.3. The number of carbonyl (C=O) groups is 2. The van der Waals surface area contributed by atoms with Crippen molar-refractivity contribution in [2.45, 2.75) is 6.04 Å². The molecule has 0 spiro atoms. The van der Waals surface area contributed by atoms with Crippen LogP contribution in [-0.2, 0) is 14.3 Å². The quantitative estimate of drug-likeness (QED) is 0.410. The number of thiocarbonyl (C=S) groups is 1. The molecule has 138 valence electrons. The zero-order valence-electron chi connectivity index (χ0n) is 14.0. The first-order valence-corrected chi connectivity index (χ1v) is 9.38. The van der Waals surface area contributed by atoms with Crippen molar-refractivity contribution < 1.29 is 18.7 Å². The molecule has 8 heteroatoms. The summed E-state index contributed by atoms with van der Waals surface area (Å²) in [6, 6.07) is 11.9. The van der Waals surface area contributed by atoms with Gasteiger partial charge in [0.2, 0.25) is 0 Å². The van der Waals surface area contributed by atoms with Gasteiger partial charge in [0.15, 0.2) is 6.04 Å². The van der Waals surface area contributed by atoms with Crippen LogP contribution >= 0.6 is 35.6 Å². The van der Waals surface area contributed by atoms with Gasteiger partial charge in [0.1, 0.15) is 10.1 Å². The highest BCUT2D eigenvalue weighted by molar-refractivity contribution is 8.26. The van der Waals surface area contributed by atoms with Crippen molar-refractivity contribution >= 4 is 57.9 Å². The molecular weight excluding hydrogens is 409 g/mol. The van der Waals surface area contributed by atoms with E-state index in [1.54, 1.807) is 30.3 Å². The van der Waals surface area contributed by atoms with Crippen molar-refractivity contribution in [2.24, 2.45) is 0 Å². The number of hydrogen-bond acceptors (Lipinski definition) is 5. The smallest absolute Gasteiger partial charge is 0.333 e. The lowest BCUT2D eigenvalue weighted by Crippen LogP contribution is -2.37. The number of hydrogen-bond donors (Lipinski definition) is 0. The van der Waals surface area contributed by atoms with E-state index in [4.69, 9.17) is 28.6 Å². The number of carbonyl (C=O) groups excluding carboxylic acids is 2. The summed E-state index contributed by atoms with van der Waals surface area (Å²) in [6.45, 7) is 0. The molecule has 0 bridgehead atoms. The average molecular weight is 422 g/mol. The van der Waals surface area contributed by atoms with E-state index in [2.05, 4.69) is 0 Å². The normalized spacial score (nSPS) is 16.7. The minimum absolute atomic E-state index is 0.0917. The van der Waals surface area contributed by atoms with E-state index in [9.17, 15) is 14.0 Å². The topological polar surface area (TPSA) is 46.6 Å². The Balaban J connectivity index is 2.02. The summed E-state index contributed by atoms with van der Waals surface area (Å²) in [5.41, 5.74) is 0.653. The number of nitrogens with zero attached hydrogens (tertiary/aromatic N) is 1. The van der Waals surface area contributed by atoms with E-state index in [0.717, 1.165) is 11.8 Å². The Morgan fingerprint density at radius 3 is 2.59 bits per heavy atom. The summed E-state index contributed by atoms with van der Waals surface area (Å²) in [5, 5.41) is 0.174. The van der Waals surface area contributed by atoms with Gasteiger partial charge in [0.05, 0.1) is 17.0 Å². The molecule has 1 amide bonds. The molecule has 1 heterocycles. The van der Waals surface area contributed by atoms with E-state index in [1.165, 1.54) is 36.3 Å². The lowest BCUT2D eigenvalue weighted by molar-refractivity contribution is -0.148. The van der Waals surface area contributed by atoms with Crippen LogP contribution in [-0.4, -0.2) is 28.2 Å². The van der Waals surface area contributed by atoms with Gasteiger partial charge in [-0.15, -0.1) is 0 Å². The Kier molecular flexibility index (Phi) is 5.94. The Morgan fingerprint density at radius 2 is 1.96 bits per heavy atom. The molecule has 0 saturated carbocycles. The fraction of sp³-hybridized carbons (Fsp3) is 0.105. The van der Waals surface area contributed by atoms with Crippen molar-refractivity contribution in [2.75, 3.05) is 7.11 Å². The van der Waals surface area contributed by atoms with Gasteiger partial charge in [0, 0.05) is 5.56 Å². The summed E-state index contributed by atoms with van der Waals surface area (Å²) in [7, 11) is 1.24. The van der Waals surface area contributed by atoms with Gasteiger partial charge in [-0.1, -0.05) is 72.0 Å². The Labute approximate surface area is 169 Å². The van der Waals surface area contributed by atoms with E-state index < -0.39 is 23.7 Å². The second-order valence-electron chi connectivity index (χ2n) is 5.52.